The smallest absolute Gasteiger partial charge is 0.119 e. The molecule has 3 heteroatoms. The van der Waals surface area contributed by atoms with Crippen molar-refractivity contribution in [1.82, 2.24) is 4.90 Å². The monoisotopic (exact) mass is 276 g/mol. The molecule has 1 saturated heterocycles. The summed E-state index contributed by atoms with van der Waals surface area (Å²) >= 11 is 0. The molecule has 112 valence electrons. The summed E-state index contributed by atoms with van der Waals surface area (Å²) in [5, 5.41) is 0. The van der Waals surface area contributed by atoms with Gasteiger partial charge in [0, 0.05) is 25.7 Å². The maximum Gasteiger partial charge on any atom is 0.119 e. The highest BCUT2D eigenvalue weighted by molar-refractivity contribution is 5.31. The van der Waals surface area contributed by atoms with Crippen LogP contribution < -0.4 is 10.5 Å². The zero-order valence-corrected chi connectivity index (χ0v) is 13.2. The molecular formula is C17H28N2O. The van der Waals surface area contributed by atoms with E-state index in [4.69, 9.17) is 10.5 Å². The van der Waals surface area contributed by atoms with Crippen molar-refractivity contribution in [3.05, 3.63) is 29.8 Å². The first kappa shape index (κ1) is 15.3. The van der Waals surface area contributed by atoms with Crippen LogP contribution in [0.1, 0.15) is 33.3 Å². The SMILES string of the molecule is CC1CN(CCOc2ccc(C(C)(C)C)cc2)CC1N. The highest BCUT2D eigenvalue weighted by atomic mass is 16.5. The molecule has 1 aliphatic heterocycles. The lowest BCUT2D eigenvalue weighted by Crippen LogP contribution is -2.30. The molecule has 0 aliphatic carbocycles. The molecule has 0 spiro atoms. The Kier molecular flexibility index (Phi) is 4.71. The van der Waals surface area contributed by atoms with E-state index in [1.165, 1.54) is 5.56 Å². The molecule has 1 aromatic rings. The summed E-state index contributed by atoms with van der Waals surface area (Å²) in [4.78, 5) is 2.39. The van der Waals surface area contributed by atoms with Crippen LogP contribution in [0.3, 0.4) is 0 Å². The van der Waals surface area contributed by atoms with Crippen molar-refractivity contribution in [2.45, 2.75) is 39.2 Å². The average molecular weight is 276 g/mol. The number of hydrogen-bond donors (Lipinski definition) is 1. The summed E-state index contributed by atoms with van der Waals surface area (Å²) in [5.74, 6) is 1.55. The lowest BCUT2D eigenvalue weighted by molar-refractivity contribution is 0.233. The van der Waals surface area contributed by atoms with E-state index in [9.17, 15) is 0 Å². The van der Waals surface area contributed by atoms with Gasteiger partial charge in [-0.3, -0.25) is 4.90 Å². The standard InChI is InChI=1S/C17H28N2O/c1-13-11-19(12-16(13)18)9-10-20-15-7-5-14(6-8-15)17(2,3)4/h5-8,13,16H,9-12,18H2,1-4H3. The summed E-state index contributed by atoms with van der Waals surface area (Å²) in [5.41, 5.74) is 7.56. The van der Waals surface area contributed by atoms with Gasteiger partial charge in [0.15, 0.2) is 0 Å². The normalized spacial score (nSPS) is 24.1. The Morgan fingerprint density at radius 2 is 1.85 bits per heavy atom. The maximum atomic E-state index is 6.03. The minimum Gasteiger partial charge on any atom is -0.492 e. The largest absolute Gasteiger partial charge is 0.492 e. The number of hydrogen-bond acceptors (Lipinski definition) is 3. The van der Waals surface area contributed by atoms with Gasteiger partial charge in [-0.15, -0.1) is 0 Å². The predicted molar refractivity (Wildman–Crippen MR) is 84.2 cm³/mol. The molecule has 20 heavy (non-hydrogen) atoms. The first-order valence-corrected chi connectivity index (χ1v) is 7.57. The first-order valence-electron chi connectivity index (χ1n) is 7.57. The Bertz CT molecular complexity index is 412. The molecule has 1 aliphatic rings. The molecule has 0 bridgehead atoms. The molecule has 2 unspecified atom stereocenters. The fraction of sp³-hybridized carbons (Fsp3) is 0.647. The minimum atomic E-state index is 0.195. The Hall–Kier alpha value is -1.06. The van der Waals surface area contributed by atoms with E-state index < -0.39 is 0 Å². The molecule has 0 amide bonds. The van der Waals surface area contributed by atoms with E-state index in [2.05, 4.69) is 56.9 Å². The topological polar surface area (TPSA) is 38.5 Å². The van der Waals surface area contributed by atoms with Gasteiger partial charge in [0.1, 0.15) is 12.4 Å². The summed E-state index contributed by atoms with van der Waals surface area (Å²) in [6.45, 7) is 12.7. The number of ether oxygens (including phenoxy) is 1. The minimum absolute atomic E-state index is 0.195. The van der Waals surface area contributed by atoms with Crippen molar-refractivity contribution in [3.63, 3.8) is 0 Å². The molecule has 3 nitrogen and oxygen atoms in total. The van der Waals surface area contributed by atoms with E-state index in [-0.39, 0.29) is 5.41 Å². The van der Waals surface area contributed by atoms with Crippen LogP contribution in [0.2, 0.25) is 0 Å². The molecule has 2 rings (SSSR count). The quantitative estimate of drug-likeness (QED) is 0.919. The van der Waals surface area contributed by atoms with Gasteiger partial charge >= 0.3 is 0 Å². The second kappa shape index (κ2) is 6.15. The van der Waals surface area contributed by atoms with Crippen LogP contribution in [0.5, 0.6) is 5.75 Å². The third kappa shape index (κ3) is 3.97. The van der Waals surface area contributed by atoms with E-state index >= 15 is 0 Å². The molecule has 0 aromatic heterocycles. The highest BCUT2D eigenvalue weighted by Gasteiger charge is 2.25. The zero-order valence-electron chi connectivity index (χ0n) is 13.2. The molecule has 1 fully saturated rings. The molecule has 1 heterocycles. The van der Waals surface area contributed by atoms with Crippen molar-refractivity contribution in [1.29, 1.82) is 0 Å². The van der Waals surface area contributed by atoms with Crippen molar-refractivity contribution < 1.29 is 4.74 Å². The zero-order chi connectivity index (χ0) is 14.8. The third-order valence-electron chi connectivity index (χ3n) is 4.14. The molecule has 2 atom stereocenters. The number of rotatable bonds is 4. The van der Waals surface area contributed by atoms with Gasteiger partial charge < -0.3 is 10.5 Å². The van der Waals surface area contributed by atoms with E-state index in [1.807, 2.05) is 0 Å². The lowest BCUT2D eigenvalue weighted by Gasteiger charge is -2.19. The Balaban J connectivity index is 1.77. The van der Waals surface area contributed by atoms with Gasteiger partial charge in [-0.1, -0.05) is 39.8 Å². The van der Waals surface area contributed by atoms with Crippen LogP contribution in [-0.2, 0) is 5.41 Å². The van der Waals surface area contributed by atoms with Gasteiger partial charge in [0.05, 0.1) is 0 Å². The second-order valence-corrected chi connectivity index (χ2v) is 7.02. The molecule has 0 saturated carbocycles. The lowest BCUT2D eigenvalue weighted by atomic mass is 9.87. The predicted octanol–water partition coefficient (Wildman–Crippen LogP) is 2.64. The average Bonchev–Trinajstić information content (AvgIpc) is 2.68. The number of benzene rings is 1. The number of nitrogens with zero attached hydrogens (tertiary/aromatic N) is 1. The molecule has 0 radical (unpaired) electrons. The van der Waals surface area contributed by atoms with Crippen molar-refractivity contribution in [2.24, 2.45) is 11.7 Å². The van der Waals surface area contributed by atoms with E-state index in [1.54, 1.807) is 0 Å². The number of likely N-dealkylation sites (tertiary alicyclic amines) is 1. The Labute approximate surface area is 123 Å². The second-order valence-electron chi connectivity index (χ2n) is 7.02. The number of nitrogens with two attached hydrogens (primary N) is 1. The van der Waals surface area contributed by atoms with Gasteiger partial charge in [-0.2, -0.15) is 0 Å². The van der Waals surface area contributed by atoms with Crippen LogP contribution in [0, 0.1) is 5.92 Å². The third-order valence-corrected chi connectivity index (χ3v) is 4.14. The summed E-state index contributed by atoms with van der Waals surface area (Å²) in [6, 6.07) is 8.77. The fourth-order valence-corrected chi connectivity index (χ4v) is 2.62. The van der Waals surface area contributed by atoms with E-state index in [0.717, 1.165) is 32.0 Å². The van der Waals surface area contributed by atoms with Crippen molar-refractivity contribution in [3.8, 4) is 5.75 Å². The Morgan fingerprint density at radius 3 is 2.35 bits per heavy atom. The van der Waals surface area contributed by atoms with Gasteiger partial charge in [-0.25, -0.2) is 0 Å². The van der Waals surface area contributed by atoms with Crippen LogP contribution in [-0.4, -0.2) is 37.2 Å². The van der Waals surface area contributed by atoms with Crippen LogP contribution in [0.4, 0.5) is 0 Å². The molecule has 1 aromatic carbocycles. The molecular weight excluding hydrogens is 248 g/mol. The van der Waals surface area contributed by atoms with Gasteiger partial charge in [-0.05, 0) is 29.0 Å². The summed E-state index contributed by atoms with van der Waals surface area (Å²) < 4.78 is 5.82. The van der Waals surface area contributed by atoms with Crippen LogP contribution in [0.15, 0.2) is 24.3 Å². The van der Waals surface area contributed by atoms with Gasteiger partial charge in [0.2, 0.25) is 0 Å². The highest BCUT2D eigenvalue weighted by Crippen LogP contribution is 2.24. The first-order chi connectivity index (χ1) is 9.36. The van der Waals surface area contributed by atoms with Crippen molar-refractivity contribution in [2.75, 3.05) is 26.2 Å². The van der Waals surface area contributed by atoms with E-state index in [0.29, 0.717) is 12.0 Å². The summed E-state index contributed by atoms with van der Waals surface area (Å²) in [7, 11) is 0. The Morgan fingerprint density at radius 1 is 1.20 bits per heavy atom. The molecule has 2 N–H and O–H groups in total. The van der Waals surface area contributed by atoms with Gasteiger partial charge in [0.25, 0.3) is 0 Å². The van der Waals surface area contributed by atoms with Crippen LogP contribution in [0.25, 0.3) is 0 Å². The van der Waals surface area contributed by atoms with Crippen LogP contribution >= 0.6 is 0 Å². The maximum absolute atomic E-state index is 6.03. The van der Waals surface area contributed by atoms with Crippen molar-refractivity contribution >= 4 is 0 Å². The summed E-state index contributed by atoms with van der Waals surface area (Å²) in [6.07, 6.45) is 0. The fourth-order valence-electron chi connectivity index (χ4n) is 2.62.